The molecular formula is C21H30Cl2N4O2S. The van der Waals surface area contributed by atoms with Crippen molar-refractivity contribution in [2.75, 3.05) is 17.8 Å². The summed E-state index contributed by atoms with van der Waals surface area (Å²) in [5.41, 5.74) is 2.72. The topological polar surface area (TPSA) is 76.0 Å². The van der Waals surface area contributed by atoms with E-state index in [0.29, 0.717) is 17.1 Å². The summed E-state index contributed by atoms with van der Waals surface area (Å²) in [4.78, 5) is -0.0908. The summed E-state index contributed by atoms with van der Waals surface area (Å²) in [6, 6.07) is 3.44. The van der Waals surface area contributed by atoms with E-state index >= 15 is 0 Å². The van der Waals surface area contributed by atoms with E-state index in [1.807, 2.05) is 0 Å². The number of aryl methyl sites for hydroxylation is 3. The highest BCUT2D eigenvalue weighted by atomic mass is 35.5. The van der Waals surface area contributed by atoms with Crippen molar-refractivity contribution in [1.82, 2.24) is 15.1 Å². The van der Waals surface area contributed by atoms with Crippen LogP contribution in [0, 0.1) is 19.8 Å². The molecule has 1 aliphatic rings. The van der Waals surface area contributed by atoms with Crippen LogP contribution >= 0.6 is 23.2 Å². The quantitative estimate of drug-likeness (QED) is 0.537. The van der Waals surface area contributed by atoms with E-state index in [1.165, 1.54) is 19.3 Å². The summed E-state index contributed by atoms with van der Waals surface area (Å²) in [5.74, 6) is 0.816. The van der Waals surface area contributed by atoms with Crippen LogP contribution in [0.2, 0.25) is 10.0 Å². The molecule has 0 unspecified atom stereocenters. The number of sulfonamides is 1. The van der Waals surface area contributed by atoms with Crippen molar-refractivity contribution in [3.05, 3.63) is 39.1 Å². The van der Waals surface area contributed by atoms with Gasteiger partial charge in [-0.05, 0) is 76.2 Å². The number of nitrogens with zero attached hydrogens (tertiary/aromatic N) is 2. The Hall–Kier alpha value is -1.28. The van der Waals surface area contributed by atoms with Crippen LogP contribution in [-0.2, 0) is 23.5 Å². The molecular weight excluding hydrogens is 443 g/mol. The zero-order chi connectivity index (χ0) is 21.9. The molecule has 9 heteroatoms. The molecule has 3 rings (SSSR count). The second-order valence-electron chi connectivity index (χ2n) is 8.10. The Labute approximate surface area is 189 Å². The maximum Gasteiger partial charge on any atom is 0.264 e. The molecule has 1 saturated heterocycles. The number of unbranched alkanes of at least 4 members (excludes halogenated alkanes) is 1. The van der Waals surface area contributed by atoms with Gasteiger partial charge in [0, 0.05) is 7.05 Å². The number of nitrogens with one attached hydrogen (secondary N) is 2. The number of rotatable bonds is 8. The van der Waals surface area contributed by atoms with Gasteiger partial charge in [0.25, 0.3) is 10.0 Å². The summed E-state index contributed by atoms with van der Waals surface area (Å²) >= 11 is 12.7. The van der Waals surface area contributed by atoms with E-state index in [9.17, 15) is 8.42 Å². The van der Waals surface area contributed by atoms with Gasteiger partial charge in [-0.1, -0.05) is 36.0 Å². The van der Waals surface area contributed by atoms with Crippen molar-refractivity contribution in [3.63, 3.8) is 0 Å². The third kappa shape index (κ3) is 5.49. The van der Waals surface area contributed by atoms with Crippen molar-refractivity contribution in [2.24, 2.45) is 13.0 Å². The van der Waals surface area contributed by atoms with Crippen LogP contribution in [0.4, 0.5) is 5.69 Å². The third-order valence-electron chi connectivity index (χ3n) is 5.86. The normalized spacial score (nSPS) is 15.5. The Kier molecular flexibility index (Phi) is 7.71. The third-order valence-corrected chi connectivity index (χ3v) is 8.13. The number of anilines is 1. The first kappa shape index (κ1) is 23.4. The molecule has 166 valence electrons. The lowest BCUT2D eigenvalue weighted by Gasteiger charge is -2.22. The first-order valence-corrected chi connectivity index (χ1v) is 12.6. The summed E-state index contributed by atoms with van der Waals surface area (Å²) in [7, 11) is -2.17. The summed E-state index contributed by atoms with van der Waals surface area (Å²) in [6.07, 6.45) is 6.78. The van der Waals surface area contributed by atoms with Gasteiger partial charge in [-0.3, -0.25) is 9.40 Å². The van der Waals surface area contributed by atoms with Crippen LogP contribution in [0.15, 0.2) is 17.0 Å². The number of hydrogen-bond donors (Lipinski definition) is 2. The first-order chi connectivity index (χ1) is 14.2. The van der Waals surface area contributed by atoms with E-state index in [2.05, 4.69) is 15.1 Å². The second kappa shape index (κ2) is 9.90. The fraction of sp³-hybridized carbons (Fsp3) is 0.571. The van der Waals surface area contributed by atoms with Crippen molar-refractivity contribution < 1.29 is 8.42 Å². The lowest BCUT2D eigenvalue weighted by molar-refractivity contribution is 0.344. The highest BCUT2D eigenvalue weighted by Gasteiger charge is 2.25. The average Bonchev–Trinajstić information content (AvgIpc) is 2.91. The number of aromatic nitrogens is 2. The zero-order valence-electron chi connectivity index (χ0n) is 17.8. The van der Waals surface area contributed by atoms with E-state index in [-0.39, 0.29) is 14.9 Å². The van der Waals surface area contributed by atoms with Crippen LogP contribution in [0.1, 0.15) is 49.1 Å². The maximum atomic E-state index is 13.0. The molecule has 0 bridgehead atoms. The molecule has 0 amide bonds. The van der Waals surface area contributed by atoms with Crippen LogP contribution in [0.25, 0.3) is 0 Å². The monoisotopic (exact) mass is 472 g/mol. The molecule has 0 spiro atoms. The predicted octanol–water partition coefficient (Wildman–Crippen LogP) is 4.86. The van der Waals surface area contributed by atoms with Crippen molar-refractivity contribution in [3.8, 4) is 0 Å². The van der Waals surface area contributed by atoms with Crippen LogP contribution in [0.3, 0.4) is 0 Å². The zero-order valence-corrected chi connectivity index (χ0v) is 20.1. The van der Waals surface area contributed by atoms with Crippen LogP contribution < -0.4 is 10.0 Å². The van der Waals surface area contributed by atoms with E-state index < -0.39 is 10.0 Å². The van der Waals surface area contributed by atoms with E-state index in [0.717, 1.165) is 43.8 Å². The highest BCUT2D eigenvalue weighted by Crippen LogP contribution is 2.34. The molecule has 1 aliphatic heterocycles. The number of hydrogen-bond acceptors (Lipinski definition) is 4. The molecule has 2 heterocycles. The standard InChI is InChI=1S/C21H30Cl2N4O2S/c1-14-20(15(2)27(3)25-14)26-30(28,29)21-18(22)12-17(13-19(21)23)7-5-4-6-16-8-10-24-11-9-16/h12-13,16,24,26H,4-11H2,1-3H3. The number of piperidine rings is 1. The van der Waals surface area contributed by atoms with Gasteiger partial charge in [0.05, 0.1) is 27.1 Å². The molecule has 1 aromatic carbocycles. The van der Waals surface area contributed by atoms with Crippen molar-refractivity contribution in [1.29, 1.82) is 0 Å². The molecule has 2 aromatic rings. The SMILES string of the molecule is Cc1nn(C)c(C)c1NS(=O)(=O)c1c(Cl)cc(CCCCC2CCNCC2)cc1Cl. The minimum Gasteiger partial charge on any atom is -0.317 e. The van der Waals surface area contributed by atoms with Gasteiger partial charge < -0.3 is 5.32 Å². The molecule has 1 aromatic heterocycles. The molecule has 0 atom stereocenters. The molecule has 0 radical (unpaired) electrons. The van der Waals surface area contributed by atoms with Crippen LogP contribution in [-0.4, -0.2) is 31.3 Å². The minimum absolute atomic E-state index is 0.0908. The molecule has 2 N–H and O–H groups in total. The molecule has 30 heavy (non-hydrogen) atoms. The molecule has 0 aliphatic carbocycles. The molecule has 0 saturated carbocycles. The lowest BCUT2D eigenvalue weighted by atomic mass is 9.92. The predicted molar refractivity (Wildman–Crippen MR) is 123 cm³/mol. The highest BCUT2D eigenvalue weighted by molar-refractivity contribution is 7.93. The smallest absolute Gasteiger partial charge is 0.264 e. The van der Waals surface area contributed by atoms with Crippen molar-refractivity contribution in [2.45, 2.75) is 57.3 Å². The lowest BCUT2D eigenvalue weighted by Crippen LogP contribution is -2.27. The Bertz CT molecular complexity index is 976. The summed E-state index contributed by atoms with van der Waals surface area (Å²) in [6.45, 7) is 5.80. The molecule has 1 fully saturated rings. The van der Waals surface area contributed by atoms with Gasteiger partial charge >= 0.3 is 0 Å². The van der Waals surface area contributed by atoms with Gasteiger partial charge in [-0.15, -0.1) is 0 Å². The average molecular weight is 473 g/mol. The van der Waals surface area contributed by atoms with Gasteiger partial charge in [0.2, 0.25) is 0 Å². The van der Waals surface area contributed by atoms with Crippen LogP contribution in [0.5, 0.6) is 0 Å². The molecule has 6 nitrogen and oxygen atoms in total. The van der Waals surface area contributed by atoms with E-state index in [4.69, 9.17) is 23.2 Å². The maximum absolute atomic E-state index is 13.0. The minimum atomic E-state index is -3.94. The van der Waals surface area contributed by atoms with Gasteiger partial charge in [-0.2, -0.15) is 5.10 Å². The second-order valence-corrected chi connectivity index (χ2v) is 10.5. The Balaban J connectivity index is 1.67. The Morgan fingerprint density at radius 3 is 2.37 bits per heavy atom. The van der Waals surface area contributed by atoms with Gasteiger partial charge in [0.15, 0.2) is 0 Å². The Morgan fingerprint density at radius 2 is 1.80 bits per heavy atom. The van der Waals surface area contributed by atoms with E-state index in [1.54, 1.807) is 37.7 Å². The van der Waals surface area contributed by atoms with Gasteiger partial charge in [0.1, 0.15) is 4.90 Å². The summed E-state index contributed by atoms with van der Waals surface area (Å²) < 4.78 is 30.2. The summed E-state index contributed by atoms with van der Waals surface area (Å²) in [5, 5.41) is 7.92. The fourth-order valence-corrected chi connectivity index (χ4v) is 6.49. The van der Waals surface area contributed by atoms with Crippen molar-refractivity contribution >= 4 is 38.9 Å². The number of benzene rings is 1. The number of halogens is 2. The van der Waals surface area contributed by atoms with Gasteiger partial charge in [-0.25, -0.2) is 8.42 Å². The largest absolute Gasteiger partial charge is 0.317 e. The Morgan fingerprint density at radius 1 is 1.17 bits per heavy atom. The first-order valence-electron chi connectivity index (χ1n) is 10.4. The fourth-order valence-electron chi connectivity index (χ4n) is 4.05.